The van der Waals surface area contributed by atoms with E-state index in [-0.39, 0.29) is 0 Å². The summed E-state index contributed by atoms with van der Waals surface area (Å²) in [5.74, 6) is 0. The summed E-state index contributed by atoms with van der Waals surface area (Å²) in [7, 11) is 0. The van der Waals surface area contributed by atoms with Crippen LogP contribution in [-0.4, -0.2) is 4.98 Å². The van der Waals surface area contributed by atoms with Gasteiger partial charge in [0.2, 0.25) is 0 Å². The van der Waals surface area contributed by atoms with E-state index < -0.39 is 0 Å². The lowest BCUT2D eigenvalue weighted by Gasteiger charge is -2.11. The number of hydrogen-bond acceptors (Lipinski definition) is 3. The number of hydrogen-bond donors (Lipinski definition) is 1. The molecule has 1 N–H and O–H groups in total. The minimum atomic E-state index is 0.299. The second-order valence-corrected chi connectivity index (χ2v) is 4.47. The van der Waals surface area contributed by atoms with Crippen LogP contribution < -0.4 is 5.32 Å². The minimum Gasteiger partial charge on any atom is -0.304 e. The van der Waals surface area contributed by atoms with Gasteiger partial charge in [-0.25, -0.2) is 0 Å². The second kappa shape index (κ2) is 5.05. The molecule has 0 aliphatic heterocycles. The van der Waals surface area contributed by atoms with Crippen molar-refractivity contribution in [1.29, 1.82) is 0 Å². The van der Waals surface area contributed by atoms with E-state index in [1.807, 2.05) is 24.4 Å². The molecule has 0 aliphatic carbocycles. The van der Waals surface area contributed by atoms with E-state index >= 15 is 0 Å². The molecular formula is C12H14N2S. The summed E-state index contributed by atoms with van der Waals surface area (Å²) in [5, 5.41) is 5.55. The van der Waals surface area contributed by atoms with E-state index in [9.17, 15) is 0 Å². The molecule has 0 saturated heterocycles. The van der Waals surface area contributed by atoms with Gasteiger partial charge in [-0.1, -0.05) is 12.1 Å². The van der Waals surface area contributed by atoms with Gasteiger partial charge in [-0.05, 0) is 30.5 Å². The molecule has 78 valence electrons. The predicted molar refractivity (Wildman–Crippen MR) is 63.8 cm³/mol. The quantitative estimate of drug-likeness (QED) is 0.853. The van der Waals surface area contributed by atoms with Crippen molar-refractivity contribution in [3.05, 3.63) is 52.5 Å². The molecule has 0 saturated carbocycles. The Labute approximate surface area is 94.0 Å². The van der Waals surface area contributed by atoms with Crippen molar-refractivity contribution < 1.29 is 0 Å². The molecule has 0 aromatic carbocycles. The fraction of sp³-hybridized carbons (Fsp3) is 0.250. The molecule has 2 nitrogen and oxygen atoms in total. The summed E-state index contributed by atoms with van der Waals surface area (Å²) in [6.45, 7) is 3.05. The van der Waals surface area contributed by atoms with Crippen molar-refractivity contribution in [3.63, 3.8) is 0 Å². The third-order valence-corrected chi connectivity index (χ3v) is 3.17. The molecule has 0 aliphatic rings. The zero-order valence-corrected chi connectivity index (χ0v) is 9.50. The highest BCUT2D eigenvalue weighted by Gasteiger charge is 2.04. The molecular weight excluding hydrogens is 204 g/mol. The van der Waals surface area contributed by atoms with Crippen LogP contribution in [0.25, 0.3) is 0 Å². The van der Waals surface area contributed by atoms with E-state index in [0.29, 0.717) is 6.04 Å². The lowest BCUT2D eigenvalue weighted by Crippen LogP contribution is -2.18. The van der Waals surface area contributed by atoms with Gasteiger partial charge < -0.3 is 5.32 Å². The van der Waals surface area contributed by atoms with Crippen LogP contribution in [0.15, 0.2) is 41.9 Å². The highest BCUT2D eigenvalue weighted by atomic mass is 32.1. The lowest BCUT2D eigenvalue weighted by atomic mass is 10.2. The Morgan fingerprint density at radius 1 is 1.33 bits per heavy atom. The molecule has 0 spiro atoms. The Balaban J connectivity index is 1.90. The van der Waals surface area contributed by atoms with Crippen LogP contribution in [0.5, 0.6) is 0 Å². The fourth-order valence-corrected chi connectivity index (χ4v) is 2.06. The Hall–Kier alpha value is -1.19. The summed E-state index contributed by atoms with van der Waals surface area (Å²) < 4.78 is 0. The van der Waals surface area contributed by atoms with Crippen LogP contribution in [0.4, 0.5) is 0 Å². The summed E-state index contributed by atoms with van der Waals surface area (Å²) in [6, 6.07) is 10.5. The van der Waals surface area contributed by atoms with E-state index in [2.05, 4.69) is 34.7 Å². The third-order valence-electron chi connectivity index (χ3n) is 2.29. The maximum atomic E-state index is 4.32. The summed E-state index contributed by atoms with van der Waals surface area (Å²) >= 11 is 1.78. The molecule has 0 bridgehead atoms. The molecule has 0 unspecified atom stereocenters. The second-order valence-electron chi connectivity index (χ2n) is 3.44. The largest absolute Gasteiger partial charge is 0.304 e. The van der Waals surface area contributed by atoms with Crippen LogP contribution in [0, 0.1) is 0 Å². The van der Waals surface area contributed by atoms with Crippen molar-refractivity contribution in [1.82, 2.24) is 10.3 Å². The molecule has 2 aromatic rings. The summed E-state index contributed by atoms with van der Waals surface area (Å²) in [5.41, 5.74) is 1.09. The number of pyridine rings is 1. The molecule has 2 rings (SSSR count). The van der Waals surface area contributed by atoms with Gasteiger partial charge in [-0.3, -0.25) is 4.98 Å². The van der Waals surface area contributed by atoms with Gasteiger partial charge >= 0.3 is 0 Å². The van der Waals surface area contributed by atoms with Crippen molar-refractivity contribution in [3.8, 4) is 0 Å². The van der Waals surface area contributed by atoms with E-state index in [1.165, 1.54) is 4.88 Å². The smallest absolute Gasteiger partial charge is 0.0570 e. The zero-order chi connectivity index (χ0) is 10.5. The highest BCUT2D eigenvalue weighted by Crippen LogP contribution is 2.12. The molecule has 0 radical (unpaired) electrons. The van der Waals surface area contributed by atoms with Gasteiger partial charge in [0, 0.05) is 23.7 Å². The maximum absolute atomic E-state index is 4.32. The first-order valence-corrected chi connectivity index (χ1v) is 5.91. The highest BCUT2D eigenvalue weighted by molar-refractivity contribution is 7.09. The molecule has 0 fully saturated rings. The van der Waals surface area contributed by atoms with E-state index in [4.69, 9.17) is 0 Å². The number of nitrogens with zero attached hydrogens (tertiary/aromatic N) is 1. The summed E-state index contributed by atoms with van der Waals surface area (Å²) in [6.07, 6.45) is 1.83. The standard InChI is InChI=1S/C12H14N2S/c1-10(12-6-2-3-7-13-12)14-9-11-5-4-8-15-11/h2-8,10,14H,9H2,1H3/t10-/m0/s1. The molecule has 2 heterocycles. The summed E-state index contributed by atoms with van der Waals surface area (Å²) in [4.78, 5) is 5.68. The first-order chi connectivity index (χ1) is 7.36. The van der Waals surface area contributed by atoms with Gasteiger partial charge in [0.15, 0.2) is 0 Å². The van der Waals surface area contributed by atoms with Crippen LogP contribution in [0.3, 0.4) is 0 Å². The number of aromatic nitrogens is 1. The molecule has 2 aromatic heterocycles. The fourth-order valence-electron chi connectivity index (χ4n) is 1.40. The maximum Gasteiger partial charge on any atom is 0.0570 e. The Morgan fingerprint density at radius 3 is 2.93 bits per heavy atom. The van der Waals surface area contributed by atoms with Gasteiger partial charge in [0.25, 0.3) is 0 Å². The van der Waals surface area contributed by atoms with Crippen molar-refractivity contribution in [2.75, 3.05) is 0 Å². The van der Waals surface area contributed by atoms with Crippen LogP contribution in [0.2, 0.25) is 0 Å². The Morgan fingerprint density at radius 2 is 2.27 bits per heavy atom. The van der Waals surface area contributed by atoms with Gasteiger partial charge in [-0.2, -0.15) is 0 Å². The molecule has 3 heteroatoms. The van der Waals surface area contributed by atoms with Crippen molar-refractivity contribution in [2.45, 2.75) is 19.5 Å². The van der Waals surface area contributed by atoms with Crippen LogP contribution in [-0.2, 0) is 6.54 Å². The van der Waals surface area contributed by atoms with Crippen LogP contribution in [0.1, 0.15) is 23.5 Å². The minimum absolute atomic E-state index is 0.299. The van der Waals surface area contributed by atoms with Gasteiger partial charge in [0.05, 0.1) is 5.69 Å². The topological polar surface area (TPSA) is 24.9 Å². The first-order valence-electron chi connectivity index (χ1n) is 5.03. The van der Waals surface area contributed by atoms with Crippen molar-refractivity contribution >= 4 is 11.3 Å². The SMILES string of the molecule is C[C@H](NCc1cccs1)c1ccccn1. The molecule has 15 heavy (non-hydrogen) atoms. The Kier molecular flexibility index (Phi) is 3.48. The Bertz CT molecular complexity index is 383. The molecule has 1 atom stereocenters. The predicted octanol–water partition coefficient (Wildman–Crippen LogP) is 2.99. The van der Waals surface area contributed by atoms with Crippen molar-refractivity contribution in [2.24, 2.45) is 0 Å². The molecule has 0 amide bonds. The number of rotatable bonds is 4. The van der Waals surface area contributed by atoms with Crippen LogP contribution >= 0.6 is 11.3 Å². The average Bonchev–Trinajstić information content (AvgIpc) is 2.80. The normalized spacial score (nSPS) is 12.6. The van der Waals surface area contributed by atoms with Gasteiger partial charge in [0.1, 0.15) is 0 Å². The van der Waals surface area contributed by atoms with E-state index in [1.54, 1.807) is 11.3 Å². The monoisotopic (exact) mass is 218 g/mol. The third kappa shape index (κ3) is 2.88. The lowest BCUT2D eigenvalue weighted by molar-refractivity contribution is 0.565. The number of nitrogens with one attached hydrogen (secondary N) is 1. The average molecular weight is 218 g/mol. The first kappa shape index (κ1) is 10.3. The van der Waals surface area contributed by atoms with Gasteiger partial charge in [-0.15, -0.1) is 11.3 Å². The van der Waals surface area contributed by atoms with E-state index in [0.717, 1.165) is 12.2 Å². The number of thiophene rings is 1. The zero-order valence-electron chi connectivity index (χ0n) is 8.68.